The molecule has 2 heterocycles. The Balaban J connectivity index is 2.10. The molecule has 0 spiro atoms. The zero-order chi connectivity index (χ0) is 10.9. The first-order chi connectivity index (χ1) is 7.15. The number of ether oxygens (including phenoxy) is 1. The van der Waals surface area contributed by atoms with E-state index < -0.39 is 0 Å². The molecule has 0 aromatic heterocycles. The molecule has 1 atom stereocenters. The van der Waals surface area contributed by atoms with E-state index in [0.717, 1.165) is 26.1 Å². The third-order valence-corrected chi connectivity index (χ3v) is 3.53. The molecular formula is C11H16N2O2. The quantitative estimate of drug-likeness (QED) is 0.644. The molecule has 0 aromatic carbocycles. The summed E-state index contributed by atoms with van der Waals surface area (Å²) in [6.07, 6.45) is 2.17. The number of nitriles is 1. The molecule has 82 valence electrons. The molecule has 4 nitrogen and oxygen atoms in total. The predicted octanol–water partition coefficient (Wildman–Crippen LogP) is 0.928. The molecule has 4 heteroatoms. The molecule has 2 aliphatic rings. The molecule has 2 rings (SSSR count). The van der Waals surface area contributed by atoms with Crippen LogP contribution in [0.5, 0.6) is 0 Å². The second-order valence-electron chi connectivity index (χ2n) is 4.64. The van der Waals surface area contributed by atoms with Gasteiger partial charge in [-0.1, -0.05) is 0 Å². The lowest BCUT2D eigenvalue weighted by Crippen LogP contribution is -2.50. The number of nitrogens with zero attached hydrogens (tertiary/aromatic N) is 2. The van der Waals surface area contributed by atoms with Crippen molar-refractivity contribution in [3.8, 4) is 6.07 Å². The largest absolute Gasteiger partial charge is 0.381 e. The zero-order valence-corrected chi connectivity index (χ0v) is 9.03. The van der Waals surface area contributed by atoms with Gasteiger partial charge in [-0.3, -0.25) is 4.79 Å². The SMILES string of the molecule is CC1(N2CC(C#N)CC2=O)CCOCC1. The maximum atomic E-state index is 11.8. The monoisotopic (exact) mass is 208 g/mol. The summed E-state index contributed by atoms with van der Waals surface area (Å²) in [4.78, 5) is 13.7. The highest BCUT2D eigenvalue weighted by Gasteiger charge is 2.42. The average molecular weight is 208 g/mol. The highest BCUT2D eigenvalue weighted by molar-refractivity contribution is 5.80. The molecule has 0 radical (unpaired) electrons. The van der Waals surface area contributed by atoms with Crippen LogP contribution in [0.4, 0.5) is 0 Å². The van der Waals surface area contributed by atoms with E-state index in [1.54, 1.807) is 0 Å². The third-order valence-electron chi connectivity index (χ3n) is 3.53. The van der Waals surface area contributed by atoms with Crippen LogP contribution < -0.4 is 0 Å². The van der Waals surface area contributed by atoms with Gasteiger partial charge in [-0.25, -0.2) is 0 Å². The topological polar surface area (TPSA) is 53.3 Å². The van der Waals surface area contributed by atoms with Crippen molar-refractivity contribution in [2.24, 2.45) is 5.92 Å². The van der Waals surface area contributed by atoms with Crippen molar-refractivity contribution in [1.82, 2.24) is 4.90 Å². The van der Waals surface area contributed by atoms with E-state index >= 15 is 0 Å². The minimum Gasteiger partial charge on any atom is -0.381 e. The van der Waals surface area contributed by atoms with Crippen LogP contribution in [0.1, 0.15) is 26.2 Å². The van der Waals surface area contributed by atoms with Gasteiger partial charge in [-0.2, -0.15) is 5.26 Å². The van der Waals surface area contributed by atoms with Gasteiger partial charge >= 0.3 is 0 Å². The first-order valence-electron chi connectivity index (χ1n) is 5.43. The van der Waals surface area contributed by atoms with E-state index in [2.05, 4.69) is 13.0 Å². The fourth-order valence-electron chi connectivity index (χ4n) is 2.40. The first kappa shape index (κ1) is 10.4. The van der Waals surface area contributed by atoms with Gasteiger partial charge in [0, 0.05) is 31.7 Å². The van der Waals surface area contributed by atoms with E-state index in [1.807, 2.05) is 4.90 Å². The van der Waals surface area contributed by atoms with Crippen LogP contribution in [-0.4, -0.2) is 36.1 Å². The van der Waals surface area contributed by atoms with Crippen LogP contribution in [0.3, 0.4) is 0 Å². The summed E-state index contributed by atoms with van der Waals surface area (Å²) in [5, 5.41) is 8.83. The van der Waals surface area contributed by atoms with E-state index in [1.165, 1.54) is 0 Å². The molecule has 2 saturated heterocycles. The Bertz CT molecular complexity index is 302. The summed E-state index contributed by atoms with van der Waals surface area (Å²) >= 11 is 0. The number of amides is 1. The van der Waals surface area contributed by atoms with Crippen molar-refractivity contribution < 1.29 is 9.53 Å². The van der Waals surface area contributed by atoms with E-state index in [9.17, 15) is 4.79 Å². The van der Waals surface area contributed by atoms with Gasteiger partial charge in [-0.05, 0) is 19.8 Å². The van der Waals surface area contributed by atoms with Gasteiger partial charge in [0.25, 0.3) is 0 Å². The molecule has 1 unspecified atom stereocenters. The van der Waals surface area contributed by atoms with Crippen molar-refractivity contribution in [3.63, 3.8) is 0 Å². The summed E-state index contributed by atoms with van der Waals surface area (Å²) in [5.74, 6) is 0.0168. The number of carbonyl (C=O) groups is 1. The summed E-state index contributed by atoms with van der Waals surface area (Å²) < 4.78 is 5.31. The highest BCUT2D eigenvalue weighted by atomic mass is 16.5. The summed E-state index contributed by atoms with van der Waals surface area (Å²) in [5.41, 5.74) is -0.0824. The van der Waals surface area contributed by atoms with Gasteiger partial charge in [0.1, 0.15) is 0 Å². The molecule has 0 aromatic rings. The smallest absolute Gasteiger partial charge is 0.224 e. The van der Waals surface area contributed by atoms with Crippen molar-refractivity contribution >= 4 is 5.91 Å². The van der Waals surface area contributed by atoms with Crippen molar-refractivity contribution in [2.75, 3.05) is 19.8 Å². The van der Waals surface area contributed by atoms with Gasteiger partial charge in [0.05, 0.1) is 12.0 Å². The lowest BCUT2D eigenvalue weighted by molar-refractivity contribution is -0.136. The van der Waals surface area contributed by atoms with Crippen LogP contribution >= 0.6 is 0 Å². The Hall–Kier alpha value is -1.08. The molecule has 0 aliphatic carbocycles. The summed E-state index contributed by atoms with van der Waals surface area (Å²) in [6, 6.07) is 2.19. The zero-order valence-electron chi connectivity index (χ0n) is 9.03. The standard InChI is InChI=1S/C11H16N2O2/c1-11(2-4-15-5-3-11)13-8-9(7-12)6-10(13)14/h9H,2-6,8H2,1H3. The Labute approximate surface area is 89.8 Å². The van der Waals surface area contributed by atoms with Crippen LogP contribution in [0.25, 0.3) is 0 Å². The van der Waals surface area contributed by atoms with E-state index in [0.29, 0.717) is 13.0 Å². The van der Waals surface area contributed by atoms with Crippen LogP contribution in [0, 0.1) is 17.2 Å². The Morgan fingerprint density at radius 3 is 2.73 bits per heavy atom. The van der Waals surface area contributed by atoms with Crippen molar-refractivity contribution in [1.29, 1.82) is 5.26 Å². The number of hydrogen-bond donors (Lipinski definition) is 0. The Morgan fingerprint density at radius 2 is 2.20 bits per heavy atom. The van der Waals surface area contributed by atoms with E-state index in [4.69, 9.17) is 10.00 Å². The Morgan fingerprint density at radius 1 is 1.53 bits per heavy atom. The lowest BCUT2D eigenvalue weighted by atomic mass is 9.90. The molecule has 2 fully saturated rings. The third kappa shape index (κ3) is 1.84. The van der Waals surface area contributed by atoms with Crippen LogP contribution in [0.15, 0.2) is 0 Å². The van der Waals surface area contributed by atoms with Crippen LogP contribution in [0.2, 0.25) is 0 Å². The van der Waals surface area contributed by atoms with Gasteiger partial charge in [-0.15, -0.1) is 0 Å². The molecule has 2 aliphatic heterocycles. The second-order valence-corrected chi connectivity index (χ2v) is 4.64. The number of carbonyl (C=O) groups excluding carboxylic acids is 1. The van der Waals surface area contributed by atoms with E-state index in [-0.39, 0.29) is 17.4 Å². The molecule has 1 amide bonds. The van der Waals surface area contributed by atoms with Crippen LogP contribution in [-0.2, 0) is 9.53 Å². The normalized spacial score (nSPS) is 30.3. The molecule has 15 heavy (non-hydrogen) atoms. The fraction of sp³-hybridized carbons (Fsp3) is 0.818. The molecule has 0 saturated carbocycles. The second kappa shape index (κ2) is 3.82. The summed E-state index contributed by atoms with van der Waals surface area (Å²) in [7, 11) is 0. The maximum absolute atomic E-state index is 11.8. The van der Waals surface area contributed by atoms with Gasteiger partial charge < -0.3 is 9.64 Å². The number of likely N-dealkylation sites (tertiary alicyclic amines) is 1. The predicted molar refractivity (Wildman–Crippen MR) is 53.9 cm³/mol. The minimum atomic E-state index is -0.114. The first-order valence-corrected chi connectivity index (χ1v) is 5.43. The van der Waals surface area contributed by atoms with Gasteiger partial charge in [0.2, 0.25) is 5.91 Å². The average Bonchev–Trinajstić information content (AvgIpc) is 2.61. The maximum Gasteiger partial charge on any atom is 0.224 e. The Kier molecular flexibility index (Phi) is 2.66. The molecular weight excluding hydrogens is 192 g/mol. The van der Waals surface area contributed by atoms with Crippen molar-refractivity contribution in [2.45, 2.75) is 31.7 Å². The number of rotatable bonds is 1. The lowest BCUT2D eigenvalue weighted by Gasteiger charge is -2.41. The van der Waals surface area contributed by atoms with Crippen molar-refractivity contribution in [3.05, 3.63) is 0 Å². The minimum absolute atomic E-state index is 0.0824. The summed E-state index contributed by atoms with van der Waals surface area (Å²) in [6.45, 7) is 4.15. The van der Waals surface area contributed by atoms with Gasteiger partial charge in [0.15, 0.2) is 0 Å². The molecule has 0 N–H and O–H groups in total. The highest BCUT2D eigenvalue weighted by Crippen LogP contribution is 2.32. The fourth-order valence-corrected chi connectivity index (χ4v) is 2.40. The number of hydrogen-bond acceptors (Lipinski definition) is 3. The molecule has 0 bridgehead atoms.